The molecule has 0 atom stereocenters. The standard InChI is InChI=1S/C14H18ClN3O2/c15-10-2-1-3-11(16)12(10)14(20)18-9-6-4-8(5-7-9)13(17)19/h1-3,8-9H,4-7,16H2,(H2,17,19)(H,18,20). The molecule has 2 amide bonds. The van der Waals surface area contributed by atoms with Crippen molar-refractivity contribution in [2.24, 2.45) is 11.7 Å². The lowest BCUT2D eigenvalue weighted by Gasteiger charge is -2.27. The van der Waals surface area contributed by atoms with E-state index in [4.69, 9.17) is 23.1 Å². The maximum atomic E-state index is 12.2. The van der Waals surface area contributed by atoms with E-state index in [0.717, 1.165) is 12.8 Å². The van der Waals surface area contributed by atoms with Crippen LogP contribution in [0.15, 0.2) is 18.2 Å². The van der Waals surface area contributed by atoms with Crippen LogP contribution in [0.4, 0.5) is 5.69 Å². The molecule has 0 aliphatic heterocycles. The Morgan fingerprint density at radius 1 is 1.20 bits per heavy atom. The molecule has 0 bridgehead atoms. The molecule has 0 unspecified atom stereocenters. The number of rotatable bonds is 3. The van der Waals surface area contributed by atoms with Crippen LogP contribution in [0.1, 0.15) is 36.0 Å². The van der Waals surface area contributed by atoms with Gasteiger partial charge in [-0.25, -0.2) is 0 Å². The lowest BCUT2D eigenvalue weighted by Crippen LogP contribution is -2.40. The third-order valence-electron chi connectivity index (χ3n) is 3.74. The Balaban J connectivity index is 1.98. The molecule has 0 aromatic heterocycles. The smallest absolute Gasteiger partial charge is 0.255 e. The molecule has 0 saturated heterocycles. The Kier molecular flexibility index (Phi) is 4.49. The lowest BCUT2D eigenvalue weighted by atomic mass is 9.85. The Bertz CT molecular complexity index is 505. The molecule has 1 aliphatic carbocycles. The molecule has 5 N–H and O–H groups in total. The summed E-state index contributed by atoms with van der Waals surface area (Å²) in [6.45, 7) is 0. The number of primary amides is 1. The summed E-state index contributed by atoms with van der Waals surface area (Å²) in [6.07, 6.45) is 2.89. The van der Waals surface area contributed by atoms with Gasteiger partial charge in [0.15, 0.2) is 0 Å². The van der Waals surface area contributed by atoms with Crippen LogP contribution in [0.3, 0.4) is 0 Å². The van der Waals surface area contributed by atoms with E-state index in [1.54, 1.807) is 18.2 Å². The van der Waals surface area contributed by atoms with Gasteiger partial charge >= 0.3 is 0 Å². The van der Waals surface area contributed by atoms with Gasteiger partial charge in [0.1, 0.15) is 0 Å². The van der Waals surface area contributed by atoms with Gasteiger partial charge in [-0.15, -0.1) is 0 Å². The topological polar surface area (TPSA) is 98.2 Å². The molecule has 1 aliphatic rings. The number of benzene rings is 1. The number of halogens is 1. The van der Waals surface area contributed by atoms with E-state index >= 15 is 0 Å². The number of hydrogen-bond acceptors (Lipinski definition) is 3. The Morgan fingerprint density at radius 2 is 1.85 bits per heavy atom. The van der Waals surface area contributed by atoms with Gasteiger partial charge in [-0.05, 0) is 37.8 Å². The van der Waals surface area contributed by atoms with Crippen molar-refractivity contribution in [2.75, 3.05) is 5.73 Å². The van der Waals surface area contributed by atoms with Crippen LogP contribution in [0.2, 0.25) is 5.02 Å². The monoisotopic (exact) mass is 295 g/mol. The van der Waals surface area contributed by atoms with Gasteiger partial charge in [-0.2, -0.15) is 0 Å². The van der Waals surface area contributed by atoms with Gasteiger partial charge in [-0.1, -0.05) is 17.7 Å². The molecule has 1 saturated carbocycles. The predicted octanol–water partition coefficient (Wildman–Crippen LogP) is 1.70. The van der Waals surface area contributed by atoms with Crippen LogP contribution >= 0.6 is 11.6 Å². The van der Waals surface area contributed by atoms with Crippen molar-refractivity contribution in [3.8, 4) is 0 Å². The van der Waals surface area contributed by atoms with E-state index in [9.17, 15) is 9.59 Å². The van der Waals surface area contributed by atoms with Crippen LogP contribution in [0, 0.1) is 5.92 Å². The SMILES string of the molecule is NC(=O)C1CCC(NC(=O)c2c(N)cccc2Cl)CC1. The average molecular weight is 296 g/mol. The molecule has 2 rings (SSSR count). The van der Waals surface area contributed by atoms with Crippen molar-refractivity contribution >= 4 is 29.1 Å². The Labute approximate surface area is 122 Å². The number of anilines is 1. The minimum atomic E-state index is -0.268. The number of nitrogens with one attached hydrogen (secondary N) is 1. The van der Waals surface area contributed by atoms with Gasteiger partial charge in [0.05, 0.1) is 10.6 Å². The van der Waals surface area contributed by atoms with Crippen molar-refractivity contribution in [3.63, 3.8) is 0 Å². The third kappa shape index (κ3) is 3.22. The summed E-state index contributed by atoms with van der Waals surface area (Å²) in [5.74, 6) is -0.603. The fraction of sp³-hybridized carbons (Fsp3) is 0.429. The number of amides is 2. The molecule has 6 heteroatoms. The Morgan fingerprint density at radius 3 is 2.40 bits per heavy atom. The quantitative estimate of drug-likeness (QED) is 0.740. The zero-order chi connectivity index (χ0) is 14.7. The number of nitrogen functional groups attached to an aromatic ring is 1. The summed E-state index contributed by atoms with van der Waals surface area (Å²) in [4.78, 5) is 23.3. The number of carbonyl (C=O) groups is 2. The van der Waals surface area contributed by atoms with Gasteiger partial charge in [0.25, 0.3) is 5.91 Å². The minimum Gasteiger partial charge on any atom is -0.398 e. The maximum absolute atomic E-state index is 12.2. The van der Waals surface area contributed by atoms with E-state index in [1.807, 2.05) is 0 Å². The normalized spacial score (nSPS) is 22.2. The summed E-state index contributed by atoms with van der Waals surface area (Å²) in [5, 5.41) is 3.26. The molecular weight excluding hydrogens is 278 g/mol. The van der Waals surface area contributed by atoms with Crippen molar-refractivity contribution in [3.05, 3.63) is 28.8 Å². The molecule has 108 valence electrons. The highest BCUT2D eigenvalue weighted by Crippen LogP contribution is 2.26. The zero-order valence-corrected chi connectivity index (χ0v) is 11.8. The maximum Gasteiger partial charge on any atom is 0.255 e. The first-order valence-corrected chi connectivity index (χ1v) is 7.01. The second-order valence-electron chi connectivity index (χ2n) is 5.13. The van der Waals surface area contributed by atoms with Crippen molar-refractivity contribution < 1.29 is 9.59 Å². The first-order chi connectivity index (χ1) is 9.49. The Hall–Kier alpha value is -1.75. The van der Waals surface area contributed by atoms with Gasteiger partial charge in [0.2, 0.25) is 5.91 Å². The van der Waals surface area contributed by atoms with Crippen LogP contribution < -0.4 is 16.8 Å². The average Bonchev–Trinajstić information content (AvgIpc) is 2.39. The second kappa shape index (κ2) is 6.13. The zero-order valence-electron chi connectivity index (χ0n) is 11.1. The molecule has 5 nitrogen and oxygen atoms in total. The van der Waals surface area contributed by atoms with Crippen LogP contribution in [-0.2, 0) is 4.79 Å². The summed E-state index contributed by atoms with van der Waals surface area (Å²) < 4.78 is 0. The number of carbonyl (C=O) groups excluding carboxylic acids is 2. The molecule has 0 heterocycles. The molecule has 0 radical (unpaired) electrons. The van der Waals surface area contributed by atoms with E-state index < -0.39 is 0 Å². The third-order valence-corrected chi connectivity index (χ3v) is 4.05. The first kappa shape index (κ1) is 14.7. The number of hydrogen-bond donors (Lipinski definition) is 3. The first-order valence-electron chi connectivity index (χ1n) is 6.63. The number of nitrogens with two attached hydrogens (primary N) is 2. The van der Waals surface area contributed by atoms with E-state index in [1.165, 1.54) is 0 Å². The largest absolute Gasteiger partial charge is 0.398 e. The highest BCUT2D eigenvalue weighted by Gasteiger charge is 2.26. The van der Waals surface area contributed by atoms with Gasteiger partial charge < -0.3 is 16.8 Å². The fourth-order valence-electron chi connectivity index (χ4n) is 2.56. The van der Waals surface area contributed by atoms with Crippen molar-refractivity contribution in [2.45, 2.75) is 31.7 Å². The minimum absolute atomic E-state index is 0.0359. The summed E-state index contributed by atoms with van der Waals surface area (Å²) in [6, 6.07) is 5.02. The molecule has 20 heavy (non-hydrogen) atoms. The van der Waals surface area contributed by atoms with E-state index in [2.05, 4.69) is 5.32 Å². The summed E-state index contributed by atoms with van der Waals surface area (Å²) in [5.41, 5.74) is 11.7. The van der Waals surface area contributed by atoms with Gasteiger partial charge in [0, 0.05) is 17.6 Å². The molecule has 1 fully saturated rings. The highest BCUT2D eigenvalue weighted by atomic mass is 35.5. The highest BCUT2D eigenvalue weighted by molar-refractivity contribution is 6.34. The summed E-state index contributed by atoms with van der Waals surface area (Å²) >= 11 is 6.00. The predicted molar refractivity (Wildman–Crippen MR) is 78.3 cm³/mol. The van der Waals surface area contributed by atoms with Crippen LogP contribution in [-0.4, -0.2) is 17.9 Å². The fourth-order valence-corrected chi connectivity index (χ4v) is 2.83. The summed E-state index contributed by atoms with van der Waals surface area (Å²) in [7, 11) is 0. The van der Waals surface area contributed by atoms with E-state index in [-0.39, 0.29) is 23.8 Å². The van der Waals surface area contributed by atoms with Crippen LogP contribution in [0.5, 0.6) is 0 Å². The molecule has 0 spiro atoms. The molecule has 1 aromatic carbocycles. The second-order valence-corrected chi connectivity index (χ2v) is 5.54. The van der Waals surface area contributed by atoms with Crippen LogP contribution in [0.25, 0.3) is 0 Å². The molecule has 1 aromatic rings. The van der Waals surface area contributed by atoms with E-state index in [0.29, 0.717) is 29.1 Å². The van der Waals surface area contributed by atoms with Crippen molar-refractivity contribution in [1.29, 1.82) is 0 Å². The lowest BCUT2D eigenvalue weighted by molar-refractivity contribution is -0.122. The van der Waals surface area contributed by atoms with Gasteiger partial charge in [-0.3, -0.25) is 9.59 Å². The molecular formula is C14H18ClN3O2. The van der Waals surface area contributed by atoms with Crippen molar-refractivity contribution in [1.82, 2.24) is 5.32 Å².